The Morgan fingerprint density at radius 2 is 1.81 bits per heavy atom. The molecule has 1 atom stereocenters. The maximum absolute atomic E-state index is 14.1. The number of anilines is 2. The van der Waals surface area contributed by atoms with Crippen molar-refractivity contribution in [3.05, 3.63) is 76.4 Å². The number of carbonyl (C=O) groups is 3. The van der Waals surface area contributed by atoms with Crippen LogP contribution in [0.1, 0.15) is 104 Å². The molecule has 0 spiro atoms. The Kier molecular flexibility index (Phi) is 13.2. The lowest BCUT2D eigenvalue weighted by atomic mass is 9.86. The summed E-state index contributed by atoms with van der Waals surface area (Å²) in [5.74, 6) is 0.641. The summed E-state index contributed by atoms with van der Waals surface area (Å²) in [6, 6.07) is 8.61. The second kappa shape index (κ2) is 19.1. The number of pyridine rings is 1. The molecule has 3 N–H and O–H groups in total. The highest BCUT2D eigenvalue weighted by molar-refractivity contribution is 6.03. The van der Waals surface area contributed by atoms with Gasteiger partial charge in [0.05, 0.1) is 22.8 Å². The van der Waals surface area contributed by atoms with Gasteiger partial charge in [-0.2, -0.15) is 5.10 Å². The monoisotopic (exact) mass is 856 g/mol. The summed E-state index contributed by atoms with van der Waals surface area (Å²) in [5, 5.41) is 12.5. The molecule has 3 amide bonds. The molecular formula is C44H54F2N10O6. The molecule has 0 radical (unpaired) electrons. The van der Waals surface area contributed by atoms with Crippen molar-refractivity contribution in [1.29, 1.82) is 0 Å². The lowest BCUT2D eigenvalue weighted by molar-refractivity contribution is -0.135. The zero-order valence-corrected chi connectivity index (χ0v) is 35.2. The summed E-state index contributed by atoms with van der Waals surface area (Å²) < 4.78 is 44.4. The number of carbonyl (C=O) groups excluding carboxylic acids is 3. The molecule has 8 rings (SSSR count). The van der Waals surface area contributed by atoms with Crippen LogP contribution in [0.25, 0.3) is 22.5 Å². The Balaban J connectivity index is 0.740. The van der Waals surface area contributed by atoms with Crippen molar-refractivity contribution in [3.63, 3.8) is 0 Å². The molecule has 2 saturated carbocycles. The Morgan fingerprint density at radius 1 is 1.02 bits per heavy atom. The Bertz CT molecular complexity index is 2450. The molecule has 1 saturated heterocycles. The number of piperidine rings is 1. The van der Waals surface area contributed by atoms with Crippen molar-refractivity contribution < 1.29 is 32.3 Å². The fraction of sp³-hybridized carbons (Fsp3) is 0.523. The molecule has 16 nitrogen and oxygen atoms in total. The number of rotatable bonds is 19. The highest BCUT2D eigenvalue weighted by Crippen LogP contribution is 2.36. The number of oxazole rings is 1. The second-order valence-corrected chi connectivity index (χ2v) is 17.0. The van der Waals surface area contributed by atoms with Gasteiger partial charge in [-0.3, -0.25) is 33.5 Å². The Hall–Kier alpha value is -5.75. The smallest absolute Gasteiger partial charge is 0.329 e. The highest BCUT2D eigenvalue weighted by Gasteiger charge is 2.32. The van der Waals surface area contributed by atoms with Gasteiger partial charge in [-0.25, -0.2) is 23.5 Å². The highest BCUT2D eigenvalue weighted by atomic mass is 19.3. The summed E-state index contributed by atoms with van der Waals surface area (Å²) in [6.07, 6.45) is 10.4. The van der Waals surface area contributed by atoms with Gasteiger partial charge in [-0.05, 0) is 113 Å². The number of halogens is 2. The summed E-state index contributed by atoms with van der Waals surface area (Å²) in [5.41, 5.74) is 2.32. The molecular weight excluding hydrogens is 803 g/mol. The van der Waals surface area contributed by atoms with Gasteiger partial charge in [0.15, 0.2) is 11.4 Å². The summed E-state index contributed by atoms with van der Waals surface area (Å²) in [7, 11) is 3.81. The number of nitrogens with zero attached hydrogens (tertiary/aromatic N) is 7. The second-order valence-electron chi connectivity index (χ2n) is 17.0. The molecule has 330 valence electrons. The summed E-state index contributed by atoms with van der Waals surface area (Å²) in [4.78, 5) is 61.3. The predicted octanol–water partition coefficient (Wildman–Crippen LogP) is 6.28. The van der Waals surface area contributed by atoms with E-state index < -0.39 is 30.0 Å². The summed E-state index contributed by atoms with van der Waals surface area (Å²) in [6.45, 7) is 3.93. The van der Waals surface area contributed by atoms with Gasteiger partial charge in [-0.15, -0.1) is 0 Å². The van der Waals surface area contributed by atoms with Crippen molar-refractivity contribution in [3.8, 4) is 11.5 Å². The third-order valence-corrected chi connectivity index (χ3v) is 12.2. The number of hydrogen-bond acceptors (Lipinski definition) is 11. The lowest BCUT2D eigenvalue weighted by Crippen LogP contribution is -2.44. The van der Waals surface area contributed by atoms with Gasteiger partial charge < -0.3 is 24.7 Å². The molecule has 62 heavy (non-hydrogen) atoms. The van der Waals surface area contributed by atoms with Crippen molar-refractivity contribution in [2.45, 2.75) is 89.1 Å². The molecule has 1 aliphatic heterocycles. The van der Waals surface area contributed by atoms with Crippen LogP contribution in [0.2, 0.25) is 0 Å². The number of imide groups is 1. The van der Waals surface area contributed by atoms with E-state index in [0.717, 1.165) is 75.7 Å². The molecule has 0 bridgehead atoms. The number of imidazole rings is 1. The SMILES string of the molecule is CN(CCCOCCCc1ccc2c(c1)n(C)c(=O)n2C1CCC(=O)NC1=O)CC1CCC(n2cc(NC(=O)c3coc(-c4ccnc(NCC5CC5)c4)n3)c(C(F)F)n2)CC1. The number of amides is 3. The van der Waals surface area contributed by atoms with E-state index in [1.807, 2.05) is 18.2 Å². The zero-order valence-electron chi connectivity index (χ0n) is 35.2. The normalized spacial score (nSPS) is 19.4. The van der Waals surface area contributed by atoms with Crippen molar-refractivity contribution in [1.82, 2.24) is 39.1 Å². The van der Waals surface area contributed by atoms with E-state index in [0.29, 0.717) is 48.4 Å². The van der Waals surface area contributed by atoms with Crippen LogP contribution in [0, 0.1) is 11.8 Å². The third kappa shape index (κ3) is 10.1. The lowest BCUT2D eigenvalue weighted by Gasteiger charge is -2.31. The van der Waals surface area contributed by atoms with Gasteiger partial charge >= 0.3 is 5.69 Å². The minimum absolute atomic E-state index is 0.0306. The number of aryl methyl sites for hydroxylation is 2. The van der Waals surface area contributed by atoms with E-state index >= 15 is 0 Å². The van der Waals surface area contributed by atoms with Crippen LogP contribution in [-0.4, -0.2) is 91.4 Å². The van der Waals surface area contributed by atoms with E-state index in [-0.39, 0.29) is 41.3 Å². The molecule has 5 heterocycles. The molecule has 3 aliphatic rings. The van der Waals surface area contributed by atoms with Gasteiger partial charge in [0.25, 0.3) is 12.3 Å². The van der Waals surface area contributed by atoms with Crippen molar-refractivity contribution >= 4 is 40.3 Å². The molecule has 1 unspecified atom stereocenters. The number of ether oxygens (including phenoxy) is 1. The van der Waals surface area contributed by atoms with Gasteiger partial charge in [0, 0.05) is 64.3 Å². The van der Waals surface area contributed by atoms with Crippen LogP contribution in [0.15, 0.2) is 58.2 Å². The van der Waals surface area contributed by atoms with Gasteiger partial charge in [0.2, 0.25) is 17.7 Å². The first kappa shape index (κ1) is 42.9. The first-order chi connectivity index (χ1) is 30.0. The minimum Gasteiger partial charge on any atom is -0.444 e. The van der Waals surface area contributed by atoms with E-state index in [9.17, 15) is 28.0 Å². The average molecular weight is 857 g/mol. The van der Waals surface area contributed by atoms with E-state index in [1.165, 1.54) is 29.9 Å². The summed E-state index contributed by atoms with van der Waals surface area (Å²) >= 11 is 0. The van der Waals surface area contributed by atoms with E-state index in [4.69, 9.17) is 9.15 Å². The Morgan fingerprint density at radius 3 is 2.58 bits per heavy atom. The average Bonchev–Trinajstić information content (AvgIpc) is 3.68. The molecule has 18 heteroatoms. The van der Waals surface area contributed by atoms with Crippen molar-refractivity contribution in [2.75, 3.05) is 50.5 Å². The van der Waals surface area contributed by atoms with E-state index in [1.54, 1.807) is 34.6 Å². The number of nitrogens with one attached hydrogen (secondary N) is 3. The number of aromatic nitrogens is 6. The van der Waals surface area contributed by atoms with E-state index in [2.05, 4.69) is 43.0 Å². The number of benzene rings is 1. The maximum atomic E-state index is 14.1. The van der Waals surface area contributed by atoms with Gasteiger partial charge in [-0.1, -0.05) is 6.07 Å². The fourth-order valence-electron chi connectivity index (χ4n) is 8.61. The van der Waals surface area contributed by atoms with Crippen molar-refractivity contribution in [2.24, 2.45) is 18.9 Å². The van der Waals surface area contributed by atoms with Crippen LogP contribution in [-0.2, 0) is 27.8 Å². The maximum Gasteiger partial charge on any atom is 0.329 e. The molecule has 2 aliphatic carbocycles. The van der Waals surface area contributed by atoms with Crippen LogP contribution >= 0.6 is 0 Å². The number of hydrogen-bond donors (Lipinski definition) is 3. The molecule has 1 aromatic carbocycles. The van der Waals surface area contributed by atoms with Crippen LogP contribution in [0.3, 0.4) is 0 Å². The Labute approximate surface area is 357 Å². The number of fused-ring (bicyclic) bond motifs is 1. The fourth-order valence-corrected chi connectivity index (χ4v) is 8.61. The molecule has 3 fully saturated rings. The molecule has 5 aromatic rings. The van der Waals surface area contributed by atoms with Crippen LogP contribution in [0.5, 0.6) is 0 Å². The van der Waals surface area contributed by atoms with Gasteiger partial charge in [0.1, 0.15) is 18.1 Å². The molecule has 4 aromatic heterocycles. The first-order valence-electron chi connectivity index (χ1n) is 21.6. The van der Waals surface area contributed by atoms with Crippen LogP contribution < -0.4 is 21.6 Å². The third-order valence-electron chi connectivity index (χ3n) is 12.2. The zero-order chi connectivity index (χ0) is 43.3. The standard InChI is InChI=1S/C44H54F2N10O6/c1-53(18-4-20-61-19-3-5-27-10-13-34-36(21-27)54(2)44(60)56(34)35-14-15-38(57)51-42(35)59)24-29-8-11-31(12-9-29)55-25-32(39(52-55)40(45)46)49-41(58)33-26-62-43(50-33)30-16-17-47-37(22-30)48-23-28-6-7-28/h10,13,16-17,21-22,25-26,28-29,31,35,40H,3-9,11-12,14-15,18-20,23-24H2,1-2H3,(H,47,48)(H,49,58)(H,51,57,59). The number of alkyl halides is 2. The minimum atomic E-state index is -2.87. The van der Waals surface area contributed by atoms with Crippen LogP contribution in [0.4, 0.5) is 20.3 Å². The predicted molar refractivity (Wildman–Crippen MR) is 227 cm³/mol. The first-order valence-corrected chi connectivity index (χ1v) is 21.6. The largest absolute Gasteiger partial charge is 0.444 e. The topological polar surface area (TPSA) is 183 Å². The quantitative estimate of drug-likeness (QED) is 0.0628.